The molecule has 2 aromatic rings. The summed E-state index contributed by atoms with van der Waals surface area (Å²) in [6.07, 6.45) is 0. The van der Waals surface area contributed by atoms with Gasteiger partial charge in [0.1, 0.15) is 11.5 Å². The van der Waals surface area contributed by atoms with E-state index < -0.39 is 11.8 Å². The van der Waals surface area contributed by atoms with E-state index in [-0.39, 0.29) is 13.2 Å². The number of halogens is 1. The van der Waals surface area contributed by atoms with Gasteiger partial charge in [-0.05, 0) is 60.7 Å². The van der Waals surface area contributed by atoms with Gasteiger partial charge in [-0.25, -0.2) is 0 Å². The van der Waals surface area contributed by atoms with Crippen LogP contribution in [0.3, 0.4) is 0 Å². The number of carbonyl (C=O) groups excluding carboxylic acids is 2. The van der Waals surface area contributed by atoms with Gasteiger partial charge in [-0.1, -0.05) is 37.6 Å². The quantitative estimate of drug-likeness (QED) is 0.690. The molecule has 2 N–H and O–H groups in total. The number of amides is 2. The van der Waals surface area contributed by atoms with Crippen LogP contribution in [-0.2, 0) is 9.59 Å². The fourth-order valence-corrected chi connectivity index (χ4v) is 2.56. The number of hydrogen-bond acceptors (Lipinski definition) is 4. The highest BCUT2D eigenvalue weighted by atomic mass is 35.5. The fraction of sp³-hybridized carbons (Fsp3) is 0.333. The number of rotatable bonds is 7. The van der Waals surface area contributed by atoms with Crippen LogP contribution in [0.25, 0.3) is 0 Å². The molecule has 2 aromatic carbocycles. The van der Waals surface area contributed by atoms with Gasteiger partial charge in [-0.15, -0.1) is 0 Å². The highest BCUT2D eigenvalue weighted by Crippen LogP contribution is 2.25. The molecule has 0 aliphatic heterocycles. The molecule has 0 radical (unpaired) electrons. The monoisotopic (exact) mass is 404 g/mol. The van der Waals surface area contributed by atoms with Crippen molar-refractivity contribution in [2.24, 2.45) is 0 Å². The van der Waals surface area contributed by atoms with Crippen molar-refractivity contribution in [2.45, 2.75) is 33.6 Å². The molecule has 0 aromatic heterocycles. The van der Waals surface area contributed by atoms with E-state index in [1.807, 2.05) is 38.1 Å². The molecule has 0 aliphatic carbocycles. The smallest absolute Gasteiger partial charge is 0.276 e. The Hall–Kier alpha value is -2.73. The Morgan fingerprint density at radius 1 is 0.893 bits per heavy atom. The lowest BCUT2D eigenvalue weighted by Crippen LogP contribution is -2.45. The van der Waals surface area contributed by atoms with Crippen LogP contribution in [0, 0.1) is 13.8 Å². The zero-order chi connectivity index (χ0) is 20.7. The molecule has 2 rings (SSSR count). The van der Waals surface area contributed by atoms with Crippen molar-refractivity contribution in [3.63, 3.8) is 0 Å². The normalized spacial score (nSPS) is 10.5. The first kappa shape index (κ1) is 21.6. The molecule has 6 nitrogen and oxygen atoms in total. The minimum Gasteiger partial charge on any atom is -0.484 e. The van der Waals surface area contributed by atoms with Crippen molar-refractivity contribution in [3.8, 4) is 11.5 Å². The number of aryl methyl sites for hydroxylation is 2. The molecule has 150 valence electrons. The molecule has 2 amide bonds. The van der Waals surface area contributed by atoms with E-state index >= 15 is 0 Å². The van der Waals surface area contributed by atoms with Crippen molar-refractivity contribution < 1.29 is 19.1 Å². The van der Waals surface area contributed by atoms with Crippen molar-refractivity contribution in [3.05, 3.63) is 58.1 Å². The van der Waals surface area contributed by atoms with Crippen molar-refractivity contribution in [2.75, 3.05) is 13.2 Å². The fourth-order valence-electron chi connectivity index (χ4n) is 2.45. The molecule has 0 heterocycles. The van der Waals surface area contributed by atoms with Crippen molar-refractivity contribution in [1.82, 2.24) is 10.9 Å². The van der Waals surface area contributed by atoms with E-state index in [9.17, 15) is 9.59 Å². The minimum absolute atomic E-state index is 0.211. The second kappa shape index (κ2) is 9.99. The first-order valence-corrected chi connectivity index (χ1v) is 9.34. The third kappa shape index (κ3) is 6.46. The summed E-state index contributed by atoms with van der Waals surface area (Å²) in [6.45, 7) is 7.48. The Balaban J connectivity index is 1.71. The molecule has 0 saturated heterocycles. The standard InChI is InChI=1S/C21H25ClN2O4/c1-13(2)16-5-7-17(8-6-16)27-11-19(25)23-24-20(26)12-28-18-9-14(3)21(22)15(4)10-18/h5-10,13H,11-12H2,1-4H3,(H,23,25)(H,24,26). The zero-order valence-corrected chi connectivity index (χ0v) is 17.2. The lowest BCUT2D eigenvalue weighted by atomic mass is 10.0. The van der Waals surface area contributed by atoms with Gasteiger partial charge in [-0.2, -0.15) is 0 Å². The van der Waals surface area contributed by atoms with Crippen LogP contribution in [0.15, 0.2) is 36.4 Å². The molecule has 0 aliphatic rings. The summed E-state index contributed by atoms with van der Waals surface area (Å²) in [5.41, 5.74) is 7.49. The summed E-state index contributed by atoms with van der Waals surface area (Å²) >= 11 is 6.10. The van der Waals surface area contributed by atoms with Gasteiger partial charge in [0, 0.05) is 5.02 Å². The van der Waals surface area contributed by atoms with Gasteiger partial charge < -0.3 is 9.47 Å². The van der Waals surface area contributed by atoms with Gasteiger partial charge in [0.2, 0.25) is 0 Å². The Kier molecular flexibility index (Phi) is 7.70. The molecule has 7 heteroatoms. The van der Waals surface area contributed by atoms with E-state index in [2.05, 4.69) is 24.7 Å². The van der Waals surface area contributed by atoms with E-state index in [0.29, 0.717) is 22.4 Å². The summed E-state index contributed by atoms with van der Waals surface area (Å²) in [6, 6.07) is 11.0. The van der Waals surface area contributed by atoms with Gasteiger partial charge in [0.05, 0.1) is 0 Å². The van der Waals surface area contributed by atoms with Crippen LogP contribution in [-0.4, -0.2) is 25.0 Å². The number of nitrogens with one attached hydrogen (secondary N) is 2. The predicted octanol–water partition coefficient (Wildman–Crippen LogP) is 3.69. The lowest BCUT2D eigenvalue weighted by Gasteiger charge is -2.11. The van der Waals surface area contributed by atoms with Gasteiger partial charge in [0.15, 0.2) is 13.2 Å². The number of benzene rings is 2. The average Bonchev–Trinajstić information content (AvgIpc) is 2.67. The van der Waals surface area contributed by atoms with E-state index in [1.54, 1.807) is 12.1 Å². The Morgan fingerprint density at radius 2 is 1.36 bits per heavy atom. The van der Waals surface area contributed by atoms with Crippen LogP contribution in [0.2, 0.25) is 5.02 Å². The summed E-state index contributed by atoms with van der Waals surface area (Å²) in [4.78, 5) is 23.6. The first-order chi connectivity index (χ1) is 13.3. The summed E-state index contributed by atoms with van der Waals surface area (Å²) in [7, 11) is 0. The highest BCUT2D eigenvalue weighted by Gasteiger charge is 2.09. The van der Waals surface area contributed by atoms with Gasteiger partial charge in [0.25, 0.3) is 11.8 Å². The van der Waals surface area contributed by atoms with E-state index in [4.69, 9.17) is 21.1 Å². The first-order valence-electron chi connectivity index (χ1n) is 8.96. The third-order valence-electron chi connectivity index (χ3n) is 4.04. The SMILES string of the molecule is Cc1cc(OCC(=O)NNC(=O)COc2ccc(C(C)C)cc2)cc(C)c1Cl. The Morgan fingerprint density at radius 3 is 1.82 bits per heavy atom. The predicted molar refractivity (Wildman–Crippen MR) is 109 cm³/mol. The maximum absolute atomic E-state index is 11.8. The molecule has 0 spiro atoms. The molecular formula is C21H25ClN2O4. The molecule has 0 atom stereocenters. The van der Waals surface area contributed by atoms with Crippen LogP contribution < -0.4 is 20.3 Å². The average molecular weight is 405 g/mol. The number of ether oxygens (including phenoxy) is 2. The maximum Gasteiger partial charge on any atom is 0.276 e. The molecule has 0 bridgehead atoms. The topological polar surface area (TPSA) is 76.7 Å². The number of hydrazine groups is 1. The molecule has 28 heavy (non-hydrogen) atoms. The van der Waals surface area contributed by atoms with Crippen molar-refractivity contribution in [1.29, 1.82) is 0 Å². The summed E-state index contributed by atoms with van der Waals surface area (Å²) < 4.78 is 10.8. The summed E-state index contributed by atoms with van der Waals surface area (Å²) in [5, 5.41) is 0.669. The molecule has 0 saturated carbocycles. The summed E-state index contributed by atoms with van der Waals surface area (Å²) in [5.74, 6) is 0.589. The lowest BCUT2D eigenvalue weighted by molar-refractivity contribution is -0.131. The van der Waals surface area contributed by atoms with Crippen LogP contribution >= 0.6 is 11.6 Å². The second-order valence-electron chi connectivity index (χ2n) is 6.77. The Labute approximate surface area is 170 Å². The van der Waals surface area contributed by atoms with Crippen LogP contribution in [0.1, 0.15) is 36.5 Å². The number of carbonyl (C=O) groups is 2. The molecule has 0 unspecified atom stereocenters. The Bertz CT molecular complexity index is 812. The van der Waals surface area contributed by atoms with Crippen molar-refractivity contribution >= 4 is 23.4 Å². The second-order valence-corrected chi connectivity index (χ2v) is 7.15. The molecule has 0 fully saturated rings. The van der Waals surface area contributed by atoms with Crippen LogP contribution in [0.5, 0.6) is 11.5 Å². The zero-order valence-electron chi connectivity index (χ0n) is 16.5. The highest BCUT2D eigenvalue weighted by molar-refractivity contribution is 6.32. The van der Waals surface area contributed by atoms with E-state index in [0.717, 1.165) is 11.1 Å². The maximum atomic E-state index is 11.8. The van der Waals surface area contributed by atoms with Gasteiger partial charge in [-0.3, -0.25) is 20.4 Å². The third-order valence-corrected chi connectivity index (χ3v) is 4.63. The minimum atomic E-state index is -0.486. The van der Waals surface area contributed by atoms with Crippen LogP contribution in [0.4, 0.5) is 0 Å². The largest absolute Gasteiger partial charge is 0.484 e. The molecular weight excluding hydrogens is 380 g/mol. The van der Waals surface area contributed by atoms with Gasteiger partial charge >= 0.3 is 0 Å². The number of hydrogen-bond donors (Lipinski definition) is 2. The van der Waals surface area contributed by atoms with E-state index in [1.165, 1.54) is 5.56 Å².